The summed E-state index contributed by atoms with van der Waals surface area (Å²) >= 11 is 8.77. The van der Waals surface area contributed by atoms with Crippen LogP contribution in [0.5, 0.6) is 11.5 Å². The number of hydrogen-bond donors (Lipinski definition) is 1. The number of thiophene rings is 1. The highest BCUT2D eigenvalue weighted by Gasteiger charge is 2.14. The second-order valence-corrected chi connectivity index (χ2v) is 12.3. The average Bonchev–Trinajstić information content (AvgIpc) is 3.50. The van der Waals surface area contributed by atoms with Crippen molar-refractivity contribution in [2.24, 2.45) is 0 Å². The number of nitrogens with one attached hydrogen (secondary N) is 1. The molecule has 230 valence electrons. The molecule has 5 rings (SSSR count). The van der Waals surface area contributed by atoms with E-state index in [4.69, 9.17) is 26.1 Å². The van der Waals surface area contributed by atoms with Gasteiger partial charge >= 0.3 is 0 Å². The minimum absolute atomic E-state index is 0.00150. The summed E-state index contributed by atoms with van der Waals surface area (Å²) in [6.07, 6.45) is 4.86. The van der Waals surface area contributed by atoms with Crippen molar-refractivity contribution in [3.8, 4) is 11.5 Å². The molecule has 0 radical (unpaired) electrons. The maximum atomic E-state index is 13.3. The summed E-state index contributed by atoms with van der Waals surface area (Å²) in [5.41, 5.74) is 2.49. The van der Waals surface area contributed by atoms with E-state index in [0.29, 0.717) is 81.3 Å². The lowest BCUT2D eigenvalue weighted by molar-refractivity contribution is -0.121. The fourth-order valence-corrected chi connectivity index (χ4v) is 6.63. The summed E-state index contributed by atoms with van der Waals surface area (Å²) in [5, 5.41) is 5.86. The Bertz CT molecular complexity index is 1900. The van der Waals surface area contributed by atoms with E-state index in [1.165, 1.54) is 39.8 Å². The minimum Gasteiger partial charge on any atom is -0.493 e. The molecule has 10 nitrogen and oxygen atoms in total. The van der Waals surface area contributed by atoms with Gasteiger partial charge in [-0.05, 0) is 60.5 Å². The number of carbonyl (C=O) groups is 1. The van der Waals surface area contributed by atoms with Crippen LogP contribution in [-0.4, -0.2) is 45.6 Å². The molecule has 0 unspecified atom stereocenters. The average molecular weight is 654 g/mol. The van der Waals surface area contributed by atoms with Crippen molar-refractivity contribution in [3.63, 3.8) is 0 Å². The Hall–Kier alpha value is -3.87. The molecule has 0 bridgehead atoms. The number of methoxy groups -OCH3 is 2. The number of amides is 1. The Morgan fingerprint density at radius 1 is 1.02 bits per heavy atom. The summed E-state index contributed by atoms with van der Waals surface area (Å²) in [6, 6.07) is 12.4. The first kappa shape index (κ1) is 31.6. The molecule has 13 heteroatoms. The van der Waals surface area contributed by atoms with Gasteiger partial charge in [0.25, 0.3) is 11.1 Å². The molecule has 5 aromatic rings. The molecule has 0 fully saturated rings. The van der Waals surface area contributed by atoms with Gasteiger partial charge in [0.2, 0.25) is 5.91 Å². The van der Waals surface area contributed by atoms with Gasteiger partial charge < -0.3 is 14.8 Å². The Balaban J connectivity index is 1.14. The summed E-state index contributed by atoms with van der Waals surface area (Å²) in [4.78, 5) is 47.6. The summed E-state index contributed by atoms with van der Waals surface area (Å²) in [7, 11) is 3.20. The minimum atomic E-state index is -0.225. The number of halogens is 1. The molecule has 0 atom stereocenters. The van der Waals surface area contributed by atoms with Gasteiger partial charge in [0, 0.05) is 37.5 Å². The van der Waals surface area contributed by atoms with E-state index >= 15 is 0 Å². The van der Waals surface area contributed by atoms with Crippen molar-refractivity contribution in [2.45, 2.75) is 49.6 Å². The van der Waals surface area contributed by atoms with Gasteiger partial charge in [0.1, 0.15) is 10.3 Å². The van der Waals surface area contributed by atoms with Crippen LogP contribution in [0.4, 0.5) is 0 Å². The van der Waals surface area contributed by atoms with Gasteiger partial charge in [-0.2, -0.15) is 0 Å². The van der Waals surface area contributed by atoms with Crippen molar-refractivity contribution in [1.82, 2.24) is 24.3 Å². The normalized spacial score (nSPS) is 11.2. The second-order valence-electron chi connectivity index (χ2n) is 10.0. The van der Waals surface area contributed by atoms with Crippen LogP contribution in [0.25, 0.3) is 15.9 Å². The van der Waals surface area contributed by atoms with Crippen LogP contribution in [0.15, 0.2) is 68.8 Å². The number of aromatic nitrogens is 4. The van der Waals surface area contributed by atoms with E-state index in [9.17, 15) is 14.4 Å². The van der Waals surface area contributed by atoms with E-state index in [-0.39, 0.29) is 17.0 Å². The number of nitrogens with zero attached hydrogens (tertiary/aromatic N) is 4. The van der Waals surface area contributed by atoms with Crippen LogP contribution in [0, 0.1) is 0 Å². The van der Waals surface area contributed by atoms with Crippen molar-refractivity contribution in [2.75, 3.05) is 20.8 Å². The SMILES string of the molecule is COc1ccc(CCNC(=O)CCCCCn2c(SCc3cc(=O)n4cc(Cl)ccc4n3)nc3ccsc3c2=O)cc1OC. The molecule has 1 N–H and O–H groups in total. The van der Waals surface area contributed by atoms with Gasteiger partial charge in [0.05, 0.1) is 30.5 Å². The molecule has 4 aromatic heterocycles. The third-order valence-corrected chi connectivity index (χ3v) is 9.15. The van der Waals surface area contributed by atoms with E-state index in [2.05, 4.69) is 10.3 Å². The molecule has 0 saturated heterocycles. The van der Waals surface area contributed by atoms with E-state index in [1.807, 2.05) is 29.6 Å². The quantitative estimate of drug-likeness (QED) is 0.0969. The van der Waals surface area contributed by atoms with Crippen LogP contribution >= 0.6 is 34.7 Å². The predicted molar refractivity (Wildman–Crippen MR) is 175 cm³/mol. The highest BCUT2D eigenvalue weighted by Crippen LogP contribution is 2.28. The van der Waals surface area contributed by atoms with E-state index in [0.717, 1.165) is 18.4 Å². The zero-order chi connectivity index (χ0) is 31.1. The molecule has 4 heterocycles. The van der Waals surface area contributed by atoms with E-state index in [1.54, 1.807) is 30.9 Å². The molecule has 1 amide bonds. The number of fused-ring (bicyclic) bond motifs is 2. The molecule has 0 spiro atoms. The van der Waals surface area contributed by atoms with Crippen LogP contribution in [0.3, 0.4) is 0 Å². The number of carbonyl (C=O) groups excluding carboxylic acids is 1. The van der Waals surface area contributed by atoms with Gasteiger partial charge in [0.15, 0.2) is 16.7 Å². The number of ether oxygens (including phenoxy) is 2. The van der Waals surface area contributed by atoms with Gasteiger partial charge in [-0.1, -0.05) is 35.9 Å². The van der Waals surface area contributed by atoms with Gasteiger partial charge in [-0.25, -0.2) is 9.97 Å². The number of rotatable bonds is 14. The molecule has 44 heavy (non-hydrogen) atoms. The number of unbranched alkanes of at least 4 members (excludes halogenated alkanes) is 2. The smallest absolute Gasteiger partial charge is 0.272 e. The fraction of sp³-hybridized carbons (Fsp3) is 0.323. The second kappa shape index (κ2) is 14.7. The van der Waals surface area contributed by atoms with Gasteiger partial charge in [-0.15, -0.1) is 11.3 Å². The maximum absolute atomic E-state index is 13.3. The molecule has 0 aliphatic carbocycles. The van der Waals surface area contributed by atoms with Gasteiger partial charge in [-0.3, -0.25) is 23.4 Å². The van der Waals surface area contributed by atoms with Crippen LogP contribution in [-0.2, 0) is 23.5 Å². The molecule has 1 aromatic carbocycles. The highest BCUT2D eigenvalue weighted by atomic mass is 35.5. The van der Waals surface area contributed by atoms with E-state index < -0.39 is 0 Å². The van der Waals surface area contributed by atoms with Crippen molar-refractivity contribution in [1.29, 1.82) is 0 Å². The fourth-order valence-electron chi connectivity index (χ4n) is 4.77. The lowest BCUT2D eigenvalue weighted by Gasteiger charge is -2.12. The summed E-state index contributed by atoms with van der Waals surface area (Å²) < 4.78 is 14.3. The number of pyridine rings is 1. The Kier molecular flexibility index (Phi) is 10.6. The third kappa shape index (κ3) is 7.61. The Labute approximate surface area is 267 Å². The van der Waals surface area contributed by atoms with Crippen LogP contribution in [0.1, 0.15) is 36.9 Å². The predicted octanol–water partition coefficient (Wildman–Crippen LogP) is 5.35. The Morgan fingerprint density at radius 2 is 1.86 bits per heavy atom. The lowest BCUT2D eigenvalue weighted by Crippen LogP contribution is -2.25. The molecule has 0 saturated carbocycles. The largest absolute Gasteiger partial charge is 0.493 e. The number of benzene rings is 1. The summed E-state index contributed by atoms with van der Waals surface area (Å²) in [6.45, 7) is 1.01. The Morgan fingerprint density at radius 3 is 2.68 bits per heavy atom. The zero-order valence-electron chi connectivity index (χ0n) is 24.4. The number of thioether (sulfide) groups is 1. The molecular weight excluding hydrogens is 622 g/mol. The van der Waals surface area contributed by atoms with Crippen molar-refractivity contribution < 1.29 is 14.3 Å². The number of hydrogen-bond acceptors (Lipinski definition) is 9. The molecule has 0 aliphatic heterocycles. The van der Waals surface area contributed by atoms with Crippen molar-refractivity contribution in [3.05, 3.63) is 91.0 Å². The standard InChI is InChI=1S/C31H32ClN5O5S2/c1-41-24-9-7-20(16-25(24)42-2)11-13-33-27(38)6-4-3-5-14-36-30(40)29-23(12-15-43-29)35-31(36)44-19-22-17-28(39)37-18-21(32)8-10-26(37)34-22/h7-10,12,15-18H,3-6,11,13-14,19H2,1-2H3,(H,33,38). The highest BCUT2D eigenvalue weighted by molar-refractivity contribution is 7.98. The first-order valence-electron chi connectivity index (χ1n) is 14.1. The van der Waals surface area contributed by atoms with Crippen molar-refractivity contribution >= 4 is 56.5 Å². The maximum Gasteiger partial charge on any atom is 0.272 e. The topological polar surface area (TPSA) is 117 Å². The summed E-state index contributed by atoms with van der Waals surface area (Å²) in [5.74, 6) is 1.71. The molecule has 0 aliphatic rings. The monoisotopic (exact) mass is 653 g/mol. The zero-order valence-corrected chi connectivity index (χ0v) is 26.8. The first-order valence-corrected chi connectivity index (χ1v) is 16.4. The molecular formula is C31H32ClN5O5S2. The lowest BCUT2D eigenvalue weighted by atomic mass is 10.1. The van der Waals surface area contributed by atoms with Crippen LogP contribution in [0.2, 0.25) is 5.02 Å². The van der Waals surface area contributed by atoms with Crippen LogP contribution < -0.4 is 25.9 Å². The first-order chi connectivity index (χ1) is 21.4. The third-order valence-electron chi connectivity index (χ3n) is 7.03.